The highest BCUT2D eigenvalue weighted by Crippen LogP contribution is 2.34. The molecule has 1 heterocycles. The van der Waals surface area contributed by atoms with E-state index < -0.39 is 0 Å². The van der Waals surface area contributed by atoms with Crippen molar-refractivity contribution in [1.82, 2.24) is 4.98 Å². The van der Waals surface area contributed by atoms with Crippen LogP contribution in [-0.4, -0.2) is 4.98 Å². The minimum atomic E-state index is 0.688. The Balaban J connectivity index is 2.05. The van der Waals surface area contributed by atoms with Gasteiger partial charge < -0.3 is 4.98 Å². The number of rotatable bonds is 8. The Morgan fingerprint density at radius 3 is 2.50 bits per heavy atom. The number of para-hydroxylation sites is 1. The molecule has 1 aromatic carbocycles. The number of unbranched alkanes of at least 4 members (excludes halogenated alkanes) is 4. The Bertz CT molecular complexity index is 509. The zero-order valence-electron chi connectivity index (χ0n) is 13.3. The first-order valence-electron chi connectivity index (χ1n) is 8.30. The van der Waals surface area contributed by atoms with Crippen LogP contribution < -0.4 is 0 Å². The molecule has 1 unspecified atom stereocenters. The van der Waals surface area contributed by atoms with Crippen LogP contribution in [0, 0.1) is 5.92 Å². The van der Waals surface area contributed by atoms with E-state index in [0.717, 1.165) is 0 Å². The number of benzene rings is 1. The van der Waals surface area contributed by atoms with E-state index in [2.05, 4.69) is 56.2 Å². The lowest BCUT2D eigenvalue weighted by Crippen LogP contribution is -2.06. The van der Waals surface area contributed by atoms with Gasteiger partial charge in [-0.05, 0) is 29.9 Å². The summed E-state index contributed by atoms with van der Waals surface area (Å²) in [5.74, 6) is 1.40. The third-order valence-corrected chi connectivity index (χ3v) is 4.44. The number of fused-ring (bicyclic) bond motifs is 1. The van der Waals surface area contributed by atoms with Crippen molar-refractivity contribution in [2.75, 3.05) is 0 Å². The van der Waals surface area contributed by atoms with Gasteiger partial charge in [-0.15, -0.1) is 0 Å². The maximum Gasteiger partial charge on any atom is 0.0456 e. The Labute approximate surface area is 123 Å². The second-order valence-electron chi connectivity index (χ2n) is 6.34. The van der Waals surface area contributed by atoms with Crippen molar-refractivity contribution in [1.29, 1.82) is 0 Å². The fraction of sp³-hybridized carbons (Fsp3) is 0.579. The normalized spacial score (nSPS) is 13.2. The molecule has 1 atom stereocenters. The molecule has 1 nitrogen and oxygen atoms in total. The quantitative estimate of drug-likeness (QED) is 0.545. The molecule has 110 valence electrons. The van der Waals surface area contributed by atoms with E-state index in [1.165, 1.54) is 55.0 Å². The monoisotopic (exact) mass is 271 g/mol. The molecule has 1 heteroatoms. The van der Waals surface area contributed by atoms with Crippen LogP contribution >= 0.6 is 0 Å². The molecule has 0 saturated heterocycles. The lowest BCUT2D eigenvalue weighted by atomic mass is 9.84. The van der Waals surface area contributed by atoms with Crippen LogP contribution in [0.25, 0.3) is 10.9 Å². The highest BCUT2D eigenvalue weighted by atomic mass is 14.7. The molecule has 1 aromatic heterocycles. The predicted molar refractivity (Wildman–Crippen MR) is 89.3 cm³/mol. The van der Waals surface area contributed by atoms with E-state index in [9.17, 15) is 0 Å². The molecule has 0 amide bonds. The van der Waals surface area contributed by atoms with E-state index in [1.54, 1.807) is 0 Å². The number of hydrogen-bond donors (Lipinski definition) is 1. The topological polar surface area (TPSA) is 15.8 Å². The summed E-state index contributed by atoms with van der Waals surface area (Å²) in [6.07, 6.45) is 10.4. The summed E-state index contributed by atoms with van der Waals surface area (Å²) in [4.78, 5) is 3.43. The van der Waals surface area contributed by atoms with Crippen molar-refractivity contribution in [3.8, 4) is 0 Å². The Kier molecular flexibility index (Phi) is 5.70. The lowest BCUT2D eigenvalue weighted by Gasteiger charge is -2.20. The largest absolute Gasteiger partial charge is 0.361 e. The molecule has 20 heavy (non-hydrogen) atoms. The van der Waals surface area contributed by atoms with Crippen LogP contribution in [0.15, 0.2) is 30.5 Å². The standard InChI is InChI=1S/C19H29N/c1-4-5-6-7-8-11-16(15(2)3)18-14-20-19-13-10-9-12-17(18)19/h9-10,12-16,20H,4-8,11H2,1-3H3. The molecule has 0 bridgehead atoms. The Hall–Kier alpha value is -1.24. The van der Waals surface area contributed by atoms with Gasteiger partial charge in [0.25, 0.3) is 0 Å². The van der Waals surface area contributed by atoms with Gasteiger partial charge in [-0.1, -0.05) is 71.1 Å². The maximum atomic E-state index is 3.43. The smallest absolute Gasteiger partial charge is 0.0456 e. The van der Waals surface area contributed by atoms with Gasteiger partial charge in [0.2, 0.25) is 0 Å². The van der Waals surface area contributed by atoms with Crippen molar-refractivity contribution in [2.24, 2.45) is 5.92 Å². The van der Waals surface area contributed by atoms with Crippen molar-refractivity contribution < 1.29 is 0 Å². The van der Waals surface area contributed by atoms with E-state index in [0.29, 0.717) is 11.8 Å². The lowest BCUT2D eigenvalue weighted by molar-refractivity contribution is 0.445. The number of aromatic nitrogens is 1. The van der Waals surface area contributed by atoms with E-state index in [-0.39, 0.29) is 0 Å². The summed E-state index contributed by atoms with van der Waals surface area (Å²) in [6, 6.07) is 8.70. The fourth-order valence-corrected chi connectivity index (χ4v) is 3.22. The van der Waals surface area contributed by atoms with Crippen LogP contribution in [0.4, 0.5) is 0 Å². The first-order valence-corrected chi connectivity index (χ1v) is 8.30. The summed E-state index contributed by atoms with van der Waals surface area (Å²) in [7, 11) is 0. The molecular weight excluding hydrogens is 242 g/mol. The van der Waals surface area contributed by atoms with E-state index in [4.69, 9.17) is 0 Å². The van der Waals surface area contributed by atoms with Gasteiger partial charge in [-0.25, -0.2) is 0 Å². The molecule has 0 fully saturated rings. The molecule has 2 aromatic rings. The molecule has 0 aliphatic carbocycles. The Morgan fingerprint density at radius 2 is 1.75 bits per heavy atom. The molecule has 0 aliphatic rings. The number of nitrogens with one attached hydrogen (secondary N) is 1. The Morgan fingerprint density at radius 1 is 1.00 bits per heavy atom. The molecular formula is C19H29N. The van der Waals surface area contributed by atoms with Crippen molar-refractivity contribution in [3.05, 3.63) is 36.0 Å². The highest BCUT2D eigenvalue weighted by Gasteiger charge is 2.18. The third-order valence-electron chi connectivity index (χ3n) is 4.44. The van der Waals surface area contributed by atoms with Gasteiger partial charge in [0.1, 0.15) is 0 Å². The van der Waals surface area contributed by atoms with Gasteiger partial charge in [-0.2, -0.15) is 0 Å². The maximum absolute atomic E-state index is 3.43. The van der Waals surface area contributed by atoms with E-state index in [1.807, 2.05) is 0 Å². The van der Waals surface area contributed by atoms with Gasteiger partial charge in [0.05, 0.1) is 0 Å². The first-order chi connectivity index (χ1) is 9.74. The van der Waals surface area contributed by atoms with Gasteiger partial charge in [0, 0.05) is 17.1 Å². The fourth-order valence-electron chi connectivity index (χ4n) is 3.22. The zero-order valence-corrected chi connectivity index (χ0v) is 13.3. The van der Waals surface area contributed by atoms with Gasteiger partial charge in [0.15, 0.2) is 0 Å². The van der Waals surface area contributed by atoms with Crippen LogP contribution in [0.2, 0.25) is 0 Å². The summed E-state index contributed by atoms with van der Waals surface area (Å²) in [5.41, 5.74) is 2.80. The number of H-pyrrole nitrogens is 1. The second kappa shape index (κ2) is 7.52. The molecule has 0 aliphatic heterocycles. The average molecular weight is 271 g/mol. The summed E-state index contributed by atoms with van der Waals surface area (Å²) in [5, 5.41) is 1.42. The second-order valence-corrected chi connectivity index (χ2v) is 6.34. The van der Waals surface area contributed by atoms with Crippen molar-refractivity contribution in [2.45, 2.75) is 65.2 Å². The number of hydrogen-bond acceptors (Lipinski definition) is 0. The van der Waals surface area contributed by atoms with Crippen LogP contribution in [0.3, 0.4) is 0 Å². The van der Waals surface area contributed by atoms with Crippen molar-refractivity contribution in [3.63, 3.8) is 0 Å². The SMILES string of the molecule is CCCCCCCC(c1c[nH]c2ccccc12)C(C)C. The van der Waals surface area contributed by atoms with Crippen LogP contribution in [0.5, 0.6) is 0 Å². The molecule has 1 N–H and O–H groups in total. The summed E-state index contributed by atoms with van der Waals surface area (Å²) >= 11 is 0. The minimum Gasteiger partial charge on any atom is -0.361 e. The zero-order chi connectivity index (χ0) is 14.4. The average Bonchev–Trinajstić information content (AvgIpc) is 2.86. The molecule has 2 rings (SSSR count). The van der Waals surface area contributed by atoms with Gasteiger partial charge in [-0.3, -0.25) is 0 Å². The minimum absolute atomic E-state index is 0.688. The third kappa shape index (κ3) is 3.65. The summed E-state index contributed by atoms with van der Waals surface area (Å²) < 4.78 is 0. The van der Waals surface area contributed by atoms with Crippen molar-refractivity contribution >= 4 is 10.9 Å². The number of aromatic amines is 1. The molecule has 0 saturated carbocycles. The first kappa shape index (κ1) is 15.2. The molecule has 0 spiro atoms. The van der Waals surface area contributed by atoms with Gasteiger partial charge >= 0.3 is 0 Å². The predicted octanol–water partition coefficient (Wildman–Crippen LogP) is 6.27. The van der Waals surface area contributed by atoms with E-state index >= 15 is 0 Å². The highest BCUT2D eigenvalue weighted by molar-refractivity contribution is 5.83. The van der Waals surface area contributed by atoms with Crippen LogP contribution in [0.1, 0.15) is 70.8 Å². The molecule has 0 radical (unpaired) electrons. The van der Waals surface area contributed by atoms with Crippen LogP contribution in [-0.2, 0) is 0 Å². The summed E-state index contributed by atoms with van der Waals surface area (Å²) in [6.45, 7) is 7.00.